The average Bonchev–Trinajstić information content (AvgIpc) is 3.09. The molecule has 0 bridgehead atoms. The molecule has 1 aromatic heterocycles. The van der Waals surface area contributed by atoms with Crippen LogP contribution in [0.2, 0.25) is 0 Å². The fraction of sp³-hybridized carbons (Fsp3) is 0.111. The van der Waals surface area contributed by atoms with E-state index in [1.807, 2.05) is 42.5 Å². The van der Waals surface area contributed by atoms with Gasteiger partial charge in [0.05, 0.1) is 4.90 Å². The van der Waals surface area contributed by atoms with E-state index in [0.717, 1.165) is 15.3 Å². The standard InChI is InChI=1S/C18H16BrNO3S2/c19-15-8-4-5-9-17(15)25(22,23)20-12-14-10-11-16(24-14)18(21)13-6-2-1-3-7-13/h1-11,18,20-21H,12H2. The molecule has 1 unspecified atom stereocenters. The van der Waals surface area contributed by atoms with Gasteiger partial charge in [0.15, 0.2) is 0 Å². The van der Waals surface area contributed by atoms with E-state index in [9.17, 15) is 13.5 Å². The van der Waals surface area contributed by atoms with Crippen molar-refractivity contribution in [1.82, 2.24) is 4.72 Å². The summed E-state index contributed by atoms with van der Waals surface area (Å²) in [5, 5.41) is 10.4. The van der Waals surface area contributed by atoms with Crippen molar-refractivity contribution in [3.63, 3.8) is 0 Å². The molecular formula is C18H16BrNO3S2. The first kappa shape index (κ1) is 18.3. The molecule has 0 fully saturated rings. The Bertz CT molecular complexity index is 955. The van der Waals surface area contributed by atoms with Gasteiger partial charge in [-0.05, 0) is 45.8 Å². The first-order valence-electron chi connectivity index (χ1n) is 7.53. The Morgan fingerprint density at radius 3 is 2.40 bits per heavy atom. The van der Waals surface area contributed by atoms with Gasteiger partial charge in [-0.1, -0.05) is 42.5 Å². The van der Waals surface area contributed by atoms with Gasteiger partial charge in [-0.3, -0.25) is 0 Å². The number of hydrogen-bond acceptors (Lipinski definition) is 4. The summed E-state index contributed by atoms with van der Waals surface area (Å²) in [5.74, 6) is 0. The van der Waals surface area contributed by atoms with Crippen LogP contribution in [0, 0.1) is 0 Å². The van der Waals surface area contributed by atoms with E-state index in [0.29, 0.717) is 4.47 Å². The SMILES string of the molecule is O=S(=O)(NCc1ccc(C(O)c2ccccc2)s1)c1ccccc1Br. The molecule has 0 amide bonds. The molecule has 4 nitrogen and oxygen atoms in total. The maximum absolute atomic E-state index is 12.4. The lowest BCUT2D eigenvalue weighted by Gasteiger charge is -2.09. The fourth-order valence-corrected chi connectivity index (χ4v) is 5.41. The largest absolute Gasteiger partial charge is 0.383 e. The smallest absolute Gasteiger partial charge is 0.242 e. The topological polar surface area (TPSA) is 66.4 Å². The Hall–Kier alpha value is -1.51. The van der Waals surface area contributed by atoms with Crippen LogP contribution in [0.4, 0.5) is 0 Å². The predicted molar refractivity (Wildman–Crippen MR) is 103 cm³/mol. The van der Waals surface area contributed by atoms with E-state index in [1.165, 1.54) is 11.3 Å². The van der Waals surface area contributed by atoms with E-state index < -0.39 is 16.1 Å². The third-order valence-corrected chi connectivity index (χ3v) is 7.18. The van der Waals surface area contributed by atoms with Gasteiger partial charge < -0.3 is 5.11 Å². The quantitative estimate of drug-likeness (QED) is 0.610. The zero-order chi connectivity index (χ0) is 17.9. The van der Waals surface area contributed by atoms with Gasteiger partial charge in [0.1, 0.15) is 6.10 Å². The van der Waals surface area contributed by atoms with Crippen LogP contribution in [-0.2, 0) is 16.6 Å². The van der Waals surface area contributed by atoms with Crippen molar-refractivity contribution in [2.45, 2.75) is 17.5 Å². The summed E-state index contributed by atoms with van der Waals surface area (Å²) in [5.41, 5.74) is 0.810. The van der Waals surface area contributed by atoms with Crippen LogP contribution in [0.3, 0.4) is 0 Å². The van der Waals surface area contributed by atoms with Crippen LogP contribution in [0.15, 0.2) is 76.1 Å². The highest BCUT2D eigenvalue weighted by Crippen LogP contribution is 2.29. The second kappa shape index (κ2) is 7.80. The lowest BCUT2D eigenvalue weighted by molar-refractivity contribution is 0.224. The van der Waals surface area contributed by atoms with E-state index >= 15 is 0 Å². The van der Waals surface area contributed by atoms with Gasteiger partial charge in [0.2, 0.25) is 10.0 Å². The second-order valence-electron chi connectivity index (χ2n) is 5.37. The molecule has 25 heavy (non-hydrogen) atoms. The molecule has 1 atom stereocenters. The Kier molecular flexibility index (Phi) is 5.71. The molecule has 0 saturated carbocycles. The molecule has 0 spiro atoms. The maximum Gasteiger partial charge on any atom is 0.242 e. The van der Waals surface area contributed by atoms with Crippen LogP contribution in [0.5, 0.6) is 0 Å². The van der Waals surface area contributed by atoms with Gasteiger partial charge in [0.25, 0.3) is 0 Å². The molecule has 3 aromatic rings. The van der Waals surface area contributed by atoms with Crippen LogP contribution in [0.25, 0.3) is 0 Å². The van der Waals surface area contributed by atoms with Gasteiger partial charge in [-0.2, -0.15) is 0 Å². The molecule has 3 rings (SSSR count). The van der Waals surface area contributed by atoms with Crippen molar-refractivity contribution in [2.24, 2.45) is 0 Å². The van der Waals surface area contributed by atoms with Gasteiger partial charge in [-0.25, -0.2) is 13.1 Å². The van der Waals surface area contributed by atoms with Crippen LogP contribution in [-0.4, -0.2) is 13.5 Å². The Labute approximate surface area is 159 Å². The van der Waals surface area contributed by atoms with Gasteiger partial charge in [0, 0.05) is 20.8 Å². The minimum absolute atomic E-state index is 0.176. The van der Waals surface area contributed by atoms with Crippen molar-refractivity contribution < 1.29 is 13.5 Å². The number of thiophene rings is 1. The van der Waals surface area contributed by atoms with Crippen LogP contribution >= 0.6 is 27.3 Å². The van der Waals surface area contributed by atoms with E-state index in [2.05, 4.69) is 20.7 Å². The van der Waals surface area contributed by atoms with Crippen LogP contribution in [0.1, 0.15) is 21.4 Å². The molecule has 2 aromatic carbocycles. The first-order chi connectivity index (χ1) is 12.0. The molecule has 1 heterocycles. The van der Waals surface area contributed by atoms with Gasteiger partial charge in [-0.15, -0.1) is 11.3 Å². The number of nitrogens with one attached hydrogen (secondary N) is 1. The number of halogens is 1. The Morgan fingerprint density at radius 2 is 1.68 bits per heavy atom. The second-order valence-corrected chi connectivity index (χ2v) is 9.16. The lowest BCUT2D eigenvalue weighted by atomic mass is 10.1. The molecule has 0 aliphatic heterocycles. The number of rotatable bonds is 6. The summed E-state index contributed by atoms with van der Waals surface area (Å²) >= 11 is 4.64. The zero-order valence-electron chi connectivity index (χ0n) is 13.1. The highest BCUT2D eigenvalue weighted by molar-refractivity contribution is 9.10. The molecular weight excluding hydrogens is 422 g/mol. The summed E-state index contributed by atoms with van der Waals surface area (Å²) < 4.78 is 27.9. The van der Waals surface area contributed by atoms with Crippen molar-refractivity contribution in [2.75, 3.05) is 0 Å². The van der Waals surface area contributed by atoms with Crippen molar-refractivity contribution in [1.29, 1.82) is 0 Å². The normalized spacial score (nSPS) is 12.9. The minimum atomic E-state index is -3.61. The molecule has 0 saturated heterocycles. The summed E-state index contributed by atoms with van der Waals surface area (Å²) in [6, 6.07) is 19.7. The van der Waals surface area contributed by atoms with E-state index in [4.69, 9.17) is 0 Å². The molecule has 2 N–H and O–H groups in total. The molecule has 7 heteroatoms. The number of hydrogen-bond donors (Lipinski definition) is 2. The monoisotopic (exact) mass is 437 g/mol. The molecule has 0 aliphatic carbocycles. The summed E-state index contributed by atoms with van der Waals surface area (Å²) in [6.07, 6.45) is -0.708. The highest BCUT2D eigenvalue weighted by atomic mass is 79.9. The fourth-order valence-electron chi connectivity index (χ4n) is 2.34. The van der Waals surface area contributed by atoms with Crippen molar-refractivity contribution in [3.8, 4) is 0 Å². The Balaban J connectivity index is 1.71. The Morgan fingerprint density at radius 1 is 1.00 bits per heavy atom. The minimum Gasteiger partial charge on any atom is -0.383 e. The molecule has 0 aliphatic rings. The first-order valence-corrected chi connectivity index (χ1v) is 10.6. The van der Waals surface area contributed by atoms with Crippen LogP contribution < -0.4 is 4.72 Å². The summed E-state index contributed by atoms with van der Waals surface area (Å²) in [6.45, 7) is 0.176. The average molecular weight is 438 g/mol. The van der Waals surface area contributed by atoms with E-state index in [1.54, 1.807) is 24.3 Å². The number of aliphatic hydroxyl groups is 1. The van der Waals surface area contributed by atoms with Crippen molar-refractivity contribution in [3.05, 3.63) is 86.5 Å². The summed E-state index contributed by atoms with van der Waals surface area (Å²) in [7, 11) is -3.61. The number of benzene rings is 2. The van der Waals surface area contributed by atoms with Gasteiger partial charge >= 0.3 is 0 Å². The van der Waals surface area contributed by atoms with Crippen molar-refractivity contribution >= 4 is 37.3 Å². The predicted octanol–water partition coefficient (Wildman–Crippen LogP) is 4.07. The highest BCUT2D eigenvalue weighted by Gasteiger charge is 2.18. The maximum atomic E-state index is 12.4. The number of sulfonamides is 1. The third-order valence-electron chi connectivity index (χ3n) is 3.63. The molecule has 0 radical (unpaired) electrons. The summed E-state index contributed by atoms with van der Waals surface area (Å²) in [4.78, 5) is 1.82. The zero-order valence-corrected chi connectivity index (χ0v) is 16.3. The number of aliphatic hydroxyl groups excluding tert-OH is 1. The third kappa shape index (κ3) is 4.37. The molecule has 130 valence electrons. The lowest BCUT2D eigenvalue weighted by Crippen LogP contribution is -2.23. The van der Waals surface area contributed by atoms with E-state index in [-0.39, 0.29) is 11.4 Å².